The van der Waals surface area contributed by atoms with Gasteiger partial charge in [-0.15, -0.1) is 11.3 Å². The molecule has 21 heavy (non-hydrogen) atoms. The molecule has 1 atom stereocenters. The molecule has 1 unspecified atom stereocenters. The summed E-state index contributed by atoms with van der Waals surface area (Å²) >= 11 is 1.44. The van der Waals surface area contributed by atoms with Gasteiger partial charge in [0.1, 0.15) is 4.88 Å². The molecule has 2 aromatic heterocycles. The molecule has 0 aliphatic rings. The summed E-state index contributed by atoms with van der Waals surface area (Å²) in [6.45, 7) is 11.0. The first-order chi connectivity index (χ1) is 9.81. The van der Waals surface area contributed by atoms with Crippen molar-refractivity contribution in [3.05, 3.63) is 22.3 Å². The summed E-state index contributed by atoms with van der Waals surface area (Å²) in [6, 6.07) is 1.98. The van der Waals surface area contributed by atoms with Crippen molar-refractivity contribution in [3.63, 3.8) is 0 Å². The fourth-order valence-electron chi connectivity index (χ4n) is 2.22. The molecular formula is C16H23N3OS. The lowest BCUT2D eigenvalue weighted by molar-refractivity contribution is 0.0950. The number of nitrogens with zero attached hydrogens (tertiary/aromatic N) is 1. The maximum absolute atomic E-state index is 12.4. The Hall–Kier alpha value is -1.62. The summed E-state index contributed by atoms with van der Waals surface area (Å²) in [6.07, 6.45) is 0. The van der Waals surface area contributed by atoms with Crippen molar-refractivity contribution in [2.45, 2.75) is 34.6 Å². The van der Waals surface area contributed by atoms with E-state index in [2.05, 4.69) is 31.1 Å². The molecule has 2 heterocycles. The maximum atomic E-state index is 12.4. The number of carbonyl (C=O) groups excluding carboxylic acids is 1. The van der Waals surface area contributed by atoms with Gasteiger partial charge in [0.15, 0.2) is 0 Å². The first kappa shape index (κ1) is 15.8. The molecule has 2 rings (SSSR count). The molecule has 0 radical (unpaired) electrons. The van der Waals surface area contributed by atoms with Crippen LogP contribution in [0.1, 0.15) is 41.8 Å². The van der Waals surface area contributed by atoms with Crippen LogP contribution in [0.25, 0.3) is 10.1 Å². The van der Waals surface area contributed by atoms with E-state index in [-0.39, 0.29) is 5.91 Å². The molecule has 5 heteroatoms. The monoisotopic (exact) mass is 305 g/mol. The van der Waals surface area contributed by atoms with Crippen molar-refractivity contribution < 1.29 is 4.79 Å². The Bertz CT molecular complexity index is 676. The van der Waals surface area contributed by atoms with Gasteiger partial charge >= 0.3 is 0 Å². The molecule has 4 nitrogen and oxygen atoms in total. The summed E-state index contributed by atoms with van der Waals surface area (Å²) in [4.78, 5) is 17.4. The van der Waals surface area contributed by atoms with Gasteiger partial charge in [-0.2, -0.15) is 0 Å². The predicted molar refractivity (Wildman–Crippen MR) is 89.8 cm³/mol. The molecule has 0 aliphatic heterocycles. The van der Waals surface area contributed by atoms with Gasteiger partial charge in [-0.05, 0) is 31.7 Å². The number of pyridine rings is 1. The normalized spacial score (nSPS) is 12.9. The number of fused-ring (bicyclic) bond motifs is 1. The number of hydrogen-bond acceptors (Lipinski definition) is 4. The number of anilines is 1. The van der Waals surface area contributed by atoms with Crippen LogP contribution < -0.4 is 11.1 Å². The number of carbonyl (C=O) groups is 1. The minimum absolute atomic E-state index is 0.0850. The van der Waals surface area contributed by atoms with Crippen molar-refractivity contribution in [1.29, 1.82) is 0 Å². The molecule has 114 valence electrons. The summed E-state index contributed by atoms with van der Waals surface area (Å²) in [7, 11) is 0. The van der Waals surface area contributed by atoms with E-state index in [1.54, 1.807) is 0 Å². The Kier molecular flexibility index (Phi) is 4.52. The highest BCUT2D eigenvalue weighted by Gasteiger charge is 2.19. The molecule has 1 amide bonds. The van der Waals surface area contributed by atoms with E-state index in [9.17, 15) is 4.79 Å². The number of aryl methyl sites for hydroxylation is 2. The largest absolute Gasteiger partial charge is 0.397 e. The molecule has 0 aromatic carbocycles. The van der Waals surface area contributed by atoms with Crippen LogP contribution in [0.4, 0.5) is 5.69 Å². The third-order valence-electron chi connectivity index (χ3n) is 3.95. The van der Waals surface area contributed by atoms with Crippen molar-refractivity contribution >= 4 is 33.0 Å². The van der Waals surface area contributed by atoms with E-state index in [0.29, 0.717) is 28.9 Å². The van der Waals surface area contributed by atoms with Gasteiger partial charge in [0.05, 0.1) is 5.69 Å². The van der Waals surface area contributed by atoms with Crippen LogP contribution in [0.2, 0.25) is 0 Å². The first-order valence-corrected chi connectivity index (χ1v) is 8.07. The second-order valence-electron chi connectivity index (χ2n) is 6.00. The quantitative estimate of drug-likeness (QED) is 0.908. The van der Waals surface area contributed by atoms with Gasteiger partial charge in [-0.1, -0.05) is 20.8 Å². The average molecular weight is 305 g/mol. The number of hydrogen-bond donors (Lipinski definition) is 2. The second-order valence-corrected chi connectivity index (χ2v) is 7.05. The summed E-state index contributed by atoms with van der Waals surface area (Å²) in [5, 5.41) is 3.90. The maximum Gasteiger partial charge on any atom is 0.263 e. The molecule has 0 spiro atoms. The molecule has 0 saturated heterocycles. The molecule has 0 aliphatic carbocycles. The number of nitrogens with one attached hydrogen (secondary N) is 1. The van der Waals surface area contributed by atoms with Gasteiger partial charge in [0.2, 0.25) is 0 Å². The molecule has 0 bridgehead atoms. The molecule has 0 saturated carbocycles. The smallest absolute Gasteiger partial charge is 0.263 e. The van der Waals surface area contributed by atoms with E-state index < -0.39 is 0 Å². The van der Waals surface area contributed by atoms with E-state index in [0.717, 1.165) is 21.5 Å². The van der Waals surface area contributed by atoms with E-state index in [1.807, 2.05) is 19.9 Å². The zero-order valence-electron chi connectivity index (χ0n) is 13.3. The standard InChI is InChI=1S/C16H23N3OS/c1-8(2)9(3)7-18-16(20)15-14(17)13-11(5)19-10(4)6-12(13)21-15/h6,8-9H,7,17H2,1-5H3,(H,18,20). The SMILES string of the molecule is Cc1cc2sc(C(=O)NCC(C)C(C)C)c(N)c2c(C)n1. The van der Waals surface area contributed by atoms with Crippen LogP contribution in [-0.2, 0) is 0 Å². The Morgan fingerprint density at radius 2 is 2.05 bits per heavy atom. The third kappa shape index (κ3) is 3.18. The Balaban J connectivity index is 2.28. The first-order valence-electron chi connectivity index (χ1n) is 7.25. The van der Waals surface area contributed by atoms with Crippen molar-refractivity contribution in [2.24, 2.45) is 11.8 Å². The van der Waals surface area contributed by atoms with Crippen molar-refractivity contribution in [3.8, 4) is 0 Å². The summed E-state index contributed by atoms with van der Waals surface area (Å²) in [5.41, 5.74) is 8.55. The number of rotatable bonds is 4. The zero-order chi connectivity index (χ0) is 15.7. The Labute approximate surface area is 129 Å². The van der Waals surface area contributed by atoms with Gasteiger partial charge in [-0.25, -0.2) is 0 Å². The number of aromatic nitrogens is 1. The lowest BCUT2D eigenvalue weighted by Gasteiger charge is -2.15. The van der Waals surface area contributed by atoms with Gasteiger partial charge < -0.3 is 11.1 Å². The second kappa shape index (κ2) is 6.02. The molecule has 0 fully saturated rings. The summed E-state index contributed by atoms with van der Waals surface area (Å²) < 4.78 is 1.03. The number of thiophene rings is 1. The topological polar surface area (TPSA) is 68.0 Å². The van der Waals surface area contributed by atoms with E-state index in [4.69, 9.17) is 5.73 Å². The number of nitrogens with two attached hydrogens (primary N) is 1. The lowest BCUT2D eigenvalue weighted by Crippen LogP contribution is -2.30. The fourth-order valence-corrected chi connectivity index (χ4v) is 3.40. The summed E-state index contributed by atoms with van der Waals surface area (Å²) in [5.74, 6) is 0.896. The highest BCUT2D eigenvalue weighted by Crippen LogP contribution is 2.35. The zero-order valence-corrected chi connectivity index (χ0v) is 14.1. The third-order valence-corrected chi connectivity index (χ3v) is 5.10. The van der Waals surface area contributed by atoms with Crippen LogP contribution >= 0.6 is 11.3 Å². The van der Waals surface area contributed by atoms with Crippen LogP contribution in [0.15, 0.2) is 6.07 Å². The number of amides is 1. The van der Waals surface area contributed by atoms with E-state index in [1.165, 1.54) is 11.3 Å². The highest BCUT2D eigenvalue weighted by atomic mass is 32.1. The Morgan fingerprint density at radius 1 is 1.38 bits per heavy atom. The van der Waals surface area contributed by atoms with Crippen LogP contribution in [-0.4, -0.2) is 17.4 Å². The molecule has 3 N–H and O–H groups in total. The van der Waals surface area contributed by atoms with Crippen LogP contribution in [0.3, 0.4) is 0 Å². The molecule has 2 aromatic rings. The highest BCUT2D eigenvalue weighted by molar-refractivity contribution is 7.21. The van der Waals surface area contributed by atoms with E-state index >= 15 is 0 Å². The van der Waals surface area contributed by atoms with Crippen molar-refractivity contribution in [2.75, 3.05) is 12.3 Å². The molecular weight excluding hydrogens is 282 g/mol. The minimum atomic E-state index is -0.0850. The average Bonchev–Trinajstić information content (AvgIpc) is 2.72. The predicted octanol–water partition coefficient (Wildman–Crippen LogP) is 3.52. The van der Waals surface area contributed by atoms with Crippen molar-refractivity contribution in [1.82, 2.24) is 10.3 Å². The Morgan fingerprint density at radius 3 is 2.67 bits per heavy atom. The number of nitrogen functional groups attached to an aromatic ring is 1. The van der Waals surface area contributed by atoms with Gasteiger partial charge in [-0.3, -0.25) is 9.78 Å². The fraction of sp³-hybridized carbons (Fsp3) is 0.500. The lowest BCUT2D eigenvalue weighted by atomic mass is 9.98. The minimum Gasteiger partial charge on any atom is -0.397 e. The van der Waals surface area contributed by atoms with Gasteiger partial charge in [0, 0.05) is 28.0 Å². The van der Waals surface area contributed by atoms with Gasteiger partial charge in [0.25, 0.3) is 5.91 Å². The van der Waals surface area contributed by atoms with Crippen LogP contribution in [0.5, 0.6) is 0 Å². The van der Waals surface area contributed by atoms with Crippen LogP contribution in [0, 0.1) is 25.7 Å².